The Morgan fingerprint density at radius 1 is 1.47 bits per heavy atom. The van der Waals surface area contributed by atoms with Crippen LogP contribution in [0.5, 0.6) is 0 Å². The Bertz CT molecular complexity index is 450. The number of nitroso groups, excluding NO2 is 1. The van der Waals surface area contributed by atoms with E-state index in [4.69, 9.17) is 4.74 Å². The molecule has 0 saturated heterocycles. The smallest absolute Gasteiger partial charge is 0.278 e. The molecule has 7 nitrogen and oxygen atoms in total. The molecule has 0 aliphatic rings. The maximum absolute atomic E-state index is 10.9. The van der Waals surface area contributed by atoms with Crippen molar-refractivity contribution in [3.8, 4) is 0 Å². The zero-order valence-corrected chi connectivity index (χ0v) is 10.6. The van der Waals surface area contributed by atoms with Gasteiger partial charge in [-0.25, -0.2) is 0 Å². The number of aliphatic hydroxyl groups excluding tert-OH is 1. The minimum atomic E-state index is -1.11. The van der Waals surface area contributed by atoms with Gasteiger partial charge in [-0.1, -0.05) is 12.1 Å². The van der Waals surface area contributed by atoms with Crippen molar-refractivity contribution >= 4 is 5.69 Å². The van der Waals surface area contributed by atoms with E-state index >= 15 is 0 Å². The number of benzene rings is 1. The van der Waals surface area contributed by atoms with E-state index in [0.29, 0.717) is 5.56 Å². The molecule has 0 aliphatic heterocycles. The second-order valence-corrected chi connectivity index (χ2v) is 4.01. The first-order valence-electron chi connectivity index (χ1n) is 5.70. The summed E-state index contributed by atoms with van der Waals surface area (Å²) < 4.78 is 5.10. The van der Waals surface area contributed by atoms with E-state index < -0.39 is 17.1 Å². The molecule has 1 rings (SSSR count). The predicted molar refractivity (Wildman–Crippen MR) is 68.2 cm³/mol. The molecule has 0 aromatic heterocycles. The first-order chi connectivity index (χ1) is 8.97. The molecule has 1 aromatic carbocycles. The van der Waals surface area contributed by atoms with Crippen LogP contribution in [-0.4, -0.2) is 22.9 Å². The highest BCUT2D eigenvalue weighted by Crippen LogP contribution is 2.33. The number of rotatable bonds is 7. The van der Waals surface area contributed by atoms with Crippen molar-refractivity contribution in [1.29, 1.82) is 0 Å². The average Bonchev–Trinajstić information content (AvgIpc) is 2.37. The summed E-state index contributed by atoms with van der Waals surface area (Å²) in [6.07, 6.45) is -0.915. The van der Waals surface area contributed by atoms with Crippen molar-refractivity contribution in [3.63, 3.8) is 0 Å². The third-order valence-corrected chi connectivity index (χ3v) is 2.63. The summed E-state index contributed by atoms with van der Waals surface area (Å²) in [5, 5.41) is 22.9. The zero-order chi connectivity index (χ0) is 14.4. The van der Waals surface area contributed by atoms with E-state index in [1.54, 1.807) is 25.1 Å². The number of para-hydroxylation sites is 1. The van der Waals surface area contributed by atoms with Crippen LogP contribution in [0, 0.1) is 21.1 Å². The molecule has 1 unspecified atom stereocenters. The topological polar surface area (TPSA) is 102 Å². The highest BCUT2D eigenvalue weighted by atomic mass is 16.6. The van der Waals surface area contributed by atoms with Gasteiger partial charge in [0.05, 0.1) is 10.5 Å². The monoisotopic (exact) mass is 267 g/mol. The molecule has 2 atom stereocenters. The molecular weight excluding hydrogens is 252 g/mol. The number of ether oxygens (including phenoxy) is 1. The summed E-state index contributed by atoms with van der Waals surface area (Å²) in [7, 11) is 0. The fraction of sp³-hybridized carbons (Fsp3) is 0.417. The quantitative estimate of drug-likeness (QED) is 0.268. The first-order valence-corrected chi connectivity index (χ1v) is 5.70. The maximum atomic E-state index is 10.9. The molecule has 0 saturated carbocycles. The lowest BCUT2D eigenvalue weighted by Crippen LogP contribution is -2.20. The maximum Gasteiger partial charge on any atom is 0.278 e. The van der Waals surface area contributed by atoms with Crippen molar-refractivity contribution in [2.45, 2.75) is 26.1 Å². The molecule has 1 aromatic rings. The van der Waals surface area contributed by atoms with Gasteiger partial charge in [-0.2, -0.15) is 4.74 Å². The lowest BCUT2D eigenvalue weighted by Gasteiger charge is -2.12. The van der Waals surface area contributed by atoms with E-state index in [9.17, 15) is 20.1 Å². The second kappa shape index (κ2) is 6.81. The van der Waals surface area contributed by atoms with E-state index in [-0.39, 0.29) is 18.3 Å². The van der Waals surface area contributed by atoms with Gasteiger partial charge in [-0.15, -0.1) is 4.91 Å². The van der Waals surface area contributed by atoms with Crippen LogP contribution < -0.4 is 0 Å². The number of aliphatic hydroxyl groups is 1. The Morgan fingerprint density at radius 2 is 2.11 bits per heavy atom. The molecular formula is C12H15N2O5+. The predicted octanol–water partition coefficient (Wildman–Crippen LogP) is 2.35. The second-order valence-electron chi connectivity index (χ2n) is 4.01. The van der Waals surface area contributed by atoms with Gasteiger partial charge in [0.15, 0.2) is 5.92 Å². The highest BCUT2D eigenvalue weighted by Gasteiger charge is 2.38. The summed E-state index contributed by atoms with van der Waals surface area (Å²) >= 11 is 0. The SMILES string of the molecule is CC(O)O[C+](CN=O)[C@H](C)c1ccccc1[N+](=O)[O-]. The summed E-state index contributed by atoms with van der Waals surface area (Å²) in [5.74, 6) is -0.520. The fourth-order valence-electron chi connectivity index (χ4n) is 1.75. The molecule has 0 fully saturated rings. The van der Waals surface area contributed by atoms with Gasteiger partial charge in [-0.05, 0) is 25.1 Å². The number of hydrogen-bond donors (Lipinski definition) is 1. The van der Waals surface area contributed by atoms with Gasteiger partial charge >= 0.3 is 0 Å². The Kier molecular flexibility index (Phi) is 5.40. The Hall–Kier alpha value is -1.99. The minimum Gasteiger partial charge on any atom is -0.364 e. The number of nitro groups is 1. The molecule has 1 N–H and O–H groups in total. The molecule has 0 spiro atoms. The van der Waals surface area contributed by atoms with Crippen LogP contribution in [0.4, 0.5) is 5.69 Å². The lowest BCUT2D eigenvalue weighted by atomic mass is 9.93. The first kappa shape index (κ1) is 15.1. The largest absolute Gasteiger partial charge is 0.364 e. The molecule has 19 heavy (non-hydrogen) atoms. The highest BCUT2D eigenvalue weighted by molar-refractivity contribution is 5.43. The average molecular weight is 267 g/mol. The van der Waals surface area contributed by atoms with Gasteiger partial charge in [-0.3, -0.25) is 10.1 Å². The van der Waals surface area contributed by atoms with Crippen LogP contribution in [0.15, 0.2) is 29.4 Å². The number of nitrogens with zero attached hydrogens (tertiary/aromatic N) is 2. The number of hydrogen-bond acceptors (Lipinski definition) is 6. The molecule has 0 bridgehead atoms. The van der Waals surface area contributed by atoms with E-state index in [1.807, 2.05) is 0 Å². The normalized spacial score (nSPS) is 13.6. The summed E-state index contributed by atoms with van der Waals surface area (Å²) in [4.78, 5) is 20.8. The molecule has 0 heterocycles. The van der Waals surface area contributed by atoms with Gasteiger partial charge in [0, 0.05) is 6.07 Å². The molecule has 102 valence electrons. The van der Waals surface area contributed by atoms with Crippen molar-refractivity contribution in [2.24, 2.45) is 5.18 Å². The fourth-order valence-corrected chi connectivity index (χ4v) is 1.75. The van der Waals surface area contributed by atoms with Crippen molar-refractivity contribution in [3.05, 3.63) is 51.0 Å². The van der Waals surface area contributed by atoms with Gasteiger partial charge < -0.3 is 5.11 Å². The Balaban J connectivity index is 3.04. The van der Waals surface area contributed by atoms with E-state index in [0.717, 1.165) is 0 Å². The minimum absolute atomic E-state index is 0.0624. The van der Waals surface area contributed by atoms with Gasteiger partial charge in [0.1, 0.15) is 0 Å². The lowest BCUT2D eigenvalue weighted by molar-refractivity contribution is -0.385. The van der Waals surface area contributed by atoms with Crippen molar-refractivity contribution < 1.29 is 14.8 Å². The Labute approximate surface area is 110 Å². The summed E-state index contributed by atoms with van der Waals surface area (Å²) in [5.41, 5.74) is 0.347. The summed E-state index contributed by atoms with van der Waals surface area (Å²) in [6, 6.07) is 6.17. The van der Waals surface area contributed by atoms with Crippen molar-refractivity contribution in [1.82, 2.24) is 0 Å². The standard InChI is InChI=1S/C12H15N2O5/c1-8(12(7-13-16)19-9(2)15)10-5-3-4-6-11(10)14(17)18/h3-6,8-9,15H,7H2,1-2H3/q+1/t8-,9?/m1/s1. The molecule has 0 amide bonds. The van der Waals surface area contributed by atoms with Crippen LogP contribution in [0.3, 0.4) is 0 Å². The van der Waals surface area contributed by atoms with Crippen molar-refractivity contribution in [2.75, 3.05) is 6.54 Å². The van der Waals surface area contributed by atoms with Crippen LogP contribution >= 0.6 is 0 Å². The third-order valence-electron chi connectivity index (χ3n) is 2.63. The molecule has 0 aliphatic carbocycles. The van der Waals surface area contributed by atoms with E-state index in [2.05, 4.69) is 5.18 Å². The van der Waals surface area contributed by atoms with Crippen LogP contribution in [-0.2, 0) is 4.74 Å². The molecule has 0 radical (unpaired) electrons. The van der Waals surface area contributed by atoms with Gasteiger partial charge in [0.2, 0.25) is 6.29 Å². The summed E-state index contributed by atoms with van der Waals surface area (Å²) in [6.45, 7) is 2.78. The molecule has 7 heteroatoms. The van der Waals surface area contributed by atoms with Crippen LogP contribution in [0.25, 0.3) is 0 Å². The van der Waals surface area contributed by atoms with Crippen LogP contribution in [0.2, 0.25) is 0 Å². The zero-order valence-electron chi connectivity index (χ0n) is 10.6. The van der Waals surface area contributed by atoms with E-state index in [1.165, 1.54) is 13.0 Å². The van der Waals surface area contributed by atoms with Crippen LogP contribution in [0.1, 0.15) is 25.3 Å². The third kappa shape index (κ3) is 4.01. The Morgan fingerprint density at radius 3 is 2.63 bits per heavy atom. The number of nitro benzene ring substituents is 1. The van der Waals surface area contributed by atoms with Gasteiger partial charge in [0.25, 0.3) is 18.3 Å².